The average Bonchev–Trinajstić information content (AvgIpc) is 3.67. The van der Waals surface area contributed by atoms with E-state index in [0.29, 0.717) is 17.7 Å². The Hall–Kier alpha value is -2.47. The second-order valence-electron chi connectivity index (χ2n) is 8.66. The molecule has 0 radical (unpaired) electrons. The van der Waals surface area contributed by atoms with E-state index < -0.39 is 0 Å². The van der Waals surface area contributed by atoms with Crippen molar-refractivity contribution in [2.45, 2.75) is 43.7 Å². The van der Waals surface area contributed by atoms with E-state index in [1.54, 1.807) is 18.3 Å². The van der Waals surface area contributed by atoms with Gasteiger partial charge in [0.1, 0.15) is 11.5 Å². The van der Waals surface area contributed by atoms with Gasteiger partial charge in [-0.15, -0.1) is 0 Å². The molecule has 1 N–H and O–H groups in total. The Balaban J connectivity index is 1.23. The van der Waals surface area contributed by atoms with Gasteiger partial charge in [-0.2, -0.15) is 0 Å². The van der Waals surface area contributed by atoms with E-state index in [4.69, 9.17) is 0 Å². The molecule has 6 heteroatoms. The fourth-order valence-electron chi connectivity index (χ4n) is 4.33. The normalized spacial score (nSPS) is 21.1. The van der Waals surface area contributed by atoms with E-state index in [1.807, 2.05) is 18.2 Å². The number of nitrogens with one attached hydrogen (secondary N) is 1. The topological polar surface area (TPSA) is 48.5 Å². The molecule has 1 aromatic heterocycles. The predicted molar refractivity (Wildman–Crippen MR) is 111 cm³/mol. The Kier molecular flexibility index (Phi) is 4.74. The van der Waals surface area contributed by atoms with Crippen LogP contribution in [-0.4, -0.2) is 53.6 Å². The molecule has 0 bridgehead atoms. The molecule has 0 unspecified atom stereocenters. The summed E-state index contributed by atoms with van der Waals surface area (Å²) in [4.78, 5) is 22.1. The summed E-state index contributed by atoms with van der Waals surface area (Å²) in [6.07, 6.45) is 6.66. The third kappa shape index (κ3) is 4.13. The van der Waals surface area contributed by atoms with Crippen molar-refractivity contribution in [1.29, 1.82) is 0 Å². The molecule has 2 saturated carbocycles. The standard InChI is InChI=1S/C23H27FN4O/c24-20-4-2-1-3-17(20)16-23(8-9-23)26-22(29)21-15-19(7-10-25-21)28-13-11-27(12-14-28)18-5-6-18/h1-4,7,10,15,18H,5-6,8-9,11-14,16H2,(H,26,29). The molecule has 3 aliphatic rings. The van der Waals surface area contributed by atoms with E-state index in [9.17, 15) is 9.18 Å². The quantitative estimate of drug-likeness (QED) is 0.818. The first-order valence-electron chi connectivity index (χ1n) is 10.6. The SMILES string of the molecule is O=C(NC1(Cc2ccccc2F)CC1)c1cc(N2CCN(C3CC3)CC2)ccn1. The number of rotatable bonds is 6. The van der Waals surface area contributed by atoms with Crippen LogP contribution in [0.2, 0.25) is 0 Å². The van der Waals surface area contributed by atoms with Gasteiger partial charge in [-0.1, -0.05) is 18.2 Å². The second-order valence-corrected chi connectivity index (χ2v) is 8.66. The van der Waals surface area contributed by atoms with Crippen LogP contribution in [0, 0.1) is 5.82 Å². The molecule has 2 heterocycles. The molecule has 5 nitrogen and oxygen atoms in total. The zero-order valence-electron chi connectivity index (χ0n) is 16.6. The van der Waals surface area contributed by atoms with Crippen LogP contribution in [0.15, 0.2) is 42.6 Å². The monoisotopic (exact) mass is 394 g/mol. The third-order valence-corrected chi connectivity index (χ3v) is 6.44. The van der Waals surface area contributed by atoms with Gasteiger partial charge in [0.25, 0.3) is 5.91 Å². The van der Waals surface area contributed by atoms with Crippen molar-refractivity contribution in [2.24, 2.45) is 0 Å². The van der Waals surface area contributed by atoms with Gasteiger partial charge in [-0.05, 0) is 55.9 Å². The second kappa shape index (κ2) is 7.41. The first-order chi connectivity index (χ1) is 14.1. The Morgan fingerprint density at radius 2 is 1.90 bits per heavy atom. The molecule has 29 heavy (non-hydrogen) atoms. The fraction of sp³-hybridized carbons (Fsp3) is 0.478. The first-order valence-corrected chi connectivity index (χ1v) is 10.6. The van der Waals surface area contributed by atoms with Crippen molar-refractivity contribution in [1.82, 2.24) is 15.2 Å². The average molecular weight is 394 g/mol. The Morgan fingerprint density at radius 3 is 2.59 bits per heavy atom. The lowest BCUT2D eigenvalue weighted by molar-refractivity contribution is 0.0926. The van der Waals surface area contributed by atoms with Crippen LogP contribution in [0.1, 0.15) is 41.7 Å². The molecule has 1 aliphatic heterocycles. The number of aromatic nitrogens is 1. The van der Waals surface area contributed by atoms with Gasteiger partial charge < -0.3 is 10.2 Å². The highest BCUT2D eigenvalue weighted by molar-refractivity contribution is 5.94. The Morgan fingerprint density at radius 1 is 1.14 bits per heavy atom. The van der Waals surface area contributed by atoms with Gasteiger partial charge in [0, 0.05) is 49.6 Å². The highest BCUT2D eigenvalue weighted by Crippen LogP contribution is 2.39. The van der Waals surface area contributed by atoms with Crippen LogP contribution in [0.25, 0.3) is 0 Å². The van der Waals surface area contributed by atoms with Gasteiger partial charge in [0.05, 0.1) is 0 Å². The van der Waals surface area contributed by atoms with E-state index in [1.165, 1.54) is 18.9 Å². The maximum absolute atomic E-state index is 14.0. The van der Waals surface area contributed by atoms with Crippen molar-refractivity contribution >= 4 is 11.6 Å². The van der Waals surface area contributed by atoms with Crippen LogP contribution >= 0.6 is 0 Å². The summed E-state index contributed by atoms with van der Waals surface area (Å²) in [5.74, 6) is -0.379. The largest absolute Gasteiger partial charge is 0.369 e. The number of nitrogens with zero attached hydrogens (tertiary/aromatic N) is 3. The van der Waals surface area contributed by atoms with E-state index in [2.05, 4.69) is 20.1 Å². The van der Waals surface area contributed by atoms with Crippen molar-refractivity contribution in [3.05, 3.63) is 59.7 Å². The smallest absolute Gasteiger partial charge is 0.270 e. The number of piperazine rings is 1. The van der Waals surface area contributed by atoms with Crippen molar-refractivity contribution < 1.29 is 9.18 Å². The third-order valence-electron chi connectivity index (χ3n) is 6.44. The fourth-order valence-corrected chi connectivity index (χ4v) is 4.33. The van der Waals surface area contributed by atoms with Gasteiger partial charge in [0.15, 0.2) is 0 Å². The maximum Gasteiger partial charge on any atom is 0.270 e. The number of pyridine rings is 1. The molecule has 1 aromatic carbocycles. The lowest BCUT2D eigenvalue weighted by Gasteiger charge is -2.36. The molecule has 152 valence electrons. The van der Waals surface area contributed by atoms with Gasteiger partial charge >= 0.3 is 0 Å². The summed E-state index contributed by atoms with van der Waals surface area (Å²) in [5, 5.41) is 3.12. The molecule has 1 amide bonds. The summed E-state index contributed by atoms with van der Waals surface area (Å²) < 4.78 is 14.0. The summed E-state index contributed by atoms with van der Waals surface area (Å²) in [6, 6.07) is 11.5. The molecule has 5 rings (SSSR count). The minimum Gasteiger partial charge on any atom is -0.369 e. The molecule has 0 spiro atoms. The highest BCUT2D eigenvalue weighted by atomic mass is 19.1. The summed E-state index contributed by atoms with van der Waals surface area (Å²) >= 11 is 0. The van der Waals surface area contributed by atoms with Crippen LogP contribution in [-0.2, 0) is 6.42 Å². The number of benzene rings is 1. The maximum atomic E-state index is 14.0. The number of hydrogen-bond donors (Lipinski definition) is 1. The lowest BCUT2D eigenvalue weighted by Crippen LogP contribution is -2.47. The molecule has 0 atom stereocenters. The van der Waals surface area contributed by atoms with Crippen molar-refractivity contribution in [3.63, 3.8) is 0 Å². The lowest BCUT2D eigenvalue weighted by atomic mass is 10.0. The summed E-state index contributed by atoms with van der Waals surface area (Å²) in [5.41, 5.74) is 1.80. The first kappa shape index (κ1) is 18.6. The summed E-state index contributed by atoms with van der Waals surface area (Å²) in [7, 11) is 0. The zero-order valence-corrected chi connectivity index (χ0v) is 16.6. The molecular formula is C23H27FN4O. The number of carbonyl (C=O) groups excluding carboxylic acids is 1. The van der Waals surface area contributed by atoms with E-state index in [-0.39, 0.29) is 17.3 Å². The number of amides is 1. The Labute approximate surface area is 170 Å². The van der Waals surface area contributed by atoms with Crippen LogP contribution < -0.4 is 10.2 Å². The number of anilines is 1. The van der Waals surface area contributed by atoms with Crippen molar-refractivity contribution in [2.75, 3.05) is 31.1 Å². The summed E-state index contributed by atoms with van der Waals surface area (Å²) in [6.45, 7) is 4.14. The molecule has 3 fully saturated rings. The van der Waals surface area contributed by atoms with Crippen LogP contribution in [0.4, 0.5) is 10.1 Å². The van der Waals surface area contributed by atoms with Gasteiger partial charge in [0.2, 0.25) is 0 Å². The number of halogens is 1. The minimum atomic E-state index is -0.340. The van der Waals surface area contributed by atoms with Crippen LogP contribution in [0.5, 0.6) is 0 Å². The van der Waals surface area contributed by atoms with Gasteiger partial charge in [-0.25, -0.2) is 4.39 Å². The number of carbonyl (C=O) groups is 1. The molecule has 1 saturated heterocycles. The molecular weight excluding hydrogens is 367 g/mol. The minimum absolute atomic E-state index is 0.169. The predicted octanol–water partition coefficient (Wildman–Crippen LogP) is 3.01. The molecule has 2 aliphatic carbocycles. The van der Waals surface area contributed by atoms with E-state index >= 15 is 0 Å². The highest BCUT2D eigenvalue weighted by Gasteiger charge is 2.44. The number of hydrogen-bond acceptors (Lipinski definition) is 4. The van der Waals surface area contributed by atoms with E-state index in [0.717, 1.165) is 50.7 Å². The Bertz CT molecular complexity index is 901. The van der Waals surface area contributed by atoms with Crippen molar-refractivity contribution in [3.8, 4) is 0 Å². The van der Waals surface area contributed by atoms with Crippen LogP contribution in [0.3, 0.4) is 0 Å². The van der Waals surface area contributed by atoms with Gasteiger partial charge in [-0.3, -0.25) is 14.7 Å². The molecule has 2 aromatic rings. The zero-order chi connectivity index (χ0) is 19.8.